The van der Waals surface area contributed by atoms with Crippen LogP contribution in [-0.4, -0.2) is 39.7 Å². The van der Waals surface area contributed by atoms with Gasteiger partial charge >= 0.3 is 5.97 Å². The topological polar surface area (TPSA) is 143 Å². The lowest BCUT2D eigenvalue weighted by Gasteiger charge is -2.08. The Morgan fingerprint density at radius 2 is 1.94 bits per heavy atom. The molecule has 0 fully saturated rings. The normalized spacial score (nSPS) is 10.7. The predicted octanol–water partition coefficient (Wildman–Crippen LogP) is 1.86. The number of hydrazone groups is 1. The van der Waals surface area contributed by atoms with Crippen LogP contribution in [0.2, 0.25) is 0 Å². The third kappa shape index (κ3) is 6.36. The van der Waals surface area contributed by atoms with E-state index in [4.69, 9.17) is 10.8 Å². The van der Waals surface area contributed by atoms with Gasteiger partial charge in [-0.15, -0.1) is 0 Å². The van der Waals surface area contributed by atoms with Crippen LogP contribution in [0, 0.1) is 0 Å². The highest BCUT2D eigenvalue weighted by Crippen LogP contribution is 2.20. The first-order chi connectivity index (χ1) is 15.0. The Morgan fingerprint density at radius 3 is 2.71 bits per heavy atom. The summed E-state index contributed by atoms with van der Waals surface area (Å²) in [6.45, 7) is 0.155. The first-order valence-corrected chi connectivity index (χ1v) is 9.53. The van der Waals surface area contributed by atoms with Crippen LogP contribution in [0.5, 0.6) is 0 Å². The van der Waals surface area contributed by atoms with Gasteiger partial charge in [0.15, 0.2) is 0 Å². The lowest BCUT2D eigenvalue weighted by atomic mass is 10.1. The summed E-state index contributed by atoms with van der Waals surface area (Å²) in [6, 6.07) is 16.8. The van der Waals surface area contributed by atoms with Crippen molar-refractivity contribution in [1.29, 1.82) is 0 Å². The van der Waals surface area contributed by atoms with E-state index in [1.807, 2.05) is 36.4 Å². The molecule has 0 saturated heterocycles. The molecule has 158 valence electrons. The highest BCUT2D eigenvalue weighted by atomic mass is 16.4. The van der Waals surface area contributed by atoms with Gasteiger partial charge in [0.25, 0.3) is 5.91 Å². The van der Waals surface area contributed by atoms with Crippen LogP contribution in [0.4, 0.5) is 5.82 Å². The van der Waals surface area contributed by atoms with Gasteiger partial charge in [-0.3, -0.25) is 15.0 Å². The number of hydrogen-bond acceptors (Lipinski definition) is 7. The molecule has 3 rings (SSSR count). The zero-order valence-electron chi connectivity index (χ0n) is 16.7. The minimum Gasteiger partial charge on any atom is -0.480 e. The van der Waals surface area contributed by atoms with Gasteiger partial charge in [0.05, 0.1) is 17.6 Å². The van der Waals surface area contributed by atoms with Crippen LogP contribution < -0.4 is 16.5 Å². The second-order valence-corrected chi connectivity index (χ2v) is 6.58. The molecular formula is C22H22N6O3. The molecular weight excluding hydrogens is 396 g/mol. The summed E-state index contributed by atoms with van der Waals surface area (Å²) in [6.07, 6.45) is 3.29. The van der Waals surface area contributed by atoms with Gasteiger partial charge in [0.1, 0.15) is 12.4 Å². The maximum Gasteiger partial charge on any atom is 0.324 e. The summed E-state index contributed by atoms with van der Waals surface area (Å²) < 4.78 is 0. The van der Waals surface area contributed by atoms with Crippen molar-refractivity contribution in [3.05, 3.63) is 77.6 Å². The van der Waals surface area contributed by atoms with Crippen LogP contribution in [0.1, 0.15) is 21.6 Å². The zero-order chi connectivity index (χ0) is 22.1. The molecule has 1 amide bonds. The average molecular weight is 418 g/mol. The minimum absolute atomic E-state index is 0.189. The lowest BCUT2D eigenvalue weighted by Crippen LogP contribution is -2.22. The Bertz CT molecular complexity index is 1090. The van der Waals surface area contributed by atoms with Crippen molar-refractivity contribution in [1.82, 2.24) is 20.7 Å². The monoisotopic (exact) mass is 418 g/mol. The Hall–Kier alpha value is -4.27. The molecule has 9 heteroatoms. The fourth-order valence-corrected chi connectivity index (χ4v) is 2.74. The van der Waals surface area contributed by atoms with Crippen molar-refractivity contribution in [2.45, 2.75) is 13.0 Å². The Balaban J connectivity index is 1.69. The number of hydrogen-bond donors (Lipinski definition) is 4. The fourth-order valence-electron chi connectivity index (χ4n) is 2.74. The quantitative estimate of drug-likeness (QED) is 0.307. The SMILES string of the molecule is Nc1ncc(-c2cccc(C(=O)NCc3ccccc3)c2)nc1C/C=N/NCC(=O)O. The predicted molar refractivity (Wildman–Crippen MR) is 117 cm³/mol. The number of anilines is 1. The van der Waals surface area contributed by atoms with E-state index in [0.717, 1.165) is 11.1 Å². The standard InChI is InChI=1S/C22H22N6O3/c23-21-18(9-10-26-27-14-20(29)30)28-19(13-24-21)16-7-4-8-17(11-16)22(31)25-12-15-5-2-1-3-6-15/h1-8,10-11,13,27H,9,12,14H2,(H2,23,24)(H,25,31)(H,29,30)/b26-10+. The third-order valence-electron chi connectivity index (χ3n) is 4.29. The van der Waals surface area contributed by atoms with Gasteiger partial charge in [-0.2, -0.15) is 5.10 Å². The molecule has 0 aliphatic rings. The van der Waals surface area contributed by atoms with Crippen molar-refractivity contribution in [3.63, 3.8) is 0 Å². The van der Waals surface area contributed by atoms with E-state index in [0.29, 0.717) is 23.5 Å². The van der Waals surface area contributed by atoms with Crippen LogP contribution in [-0.2, 0) is 17.8 Å². The van der Waals surface area contributed by atoms with Crippen molar-refractivity contribution >= 4 is 23.9 Å². The summed E-state index contributed by atoms with van der Waals surface area (Å²) in [7, 11) is 0. The van der Waals surface area contributed by atoms with Gasteiger partial charge in [0.2, 0.25) is 0 Å². The number of benzene rings is 2. The maximum atomic E-state index is 12.5. The number of carbonyl (C=O) groups excluding carboxylic acids is 1. The minimum atomic E-state index is -1.01. The highest BCUT2D eigenvalue weighted by Gasteiger charge is 2.10. The van der Waals surface area contributed by atoms with Gasteiger partial charge < -0.3 is 16.2 Å². The molecule has 3 aromatic rings. The van der Waals surface area contributed by atoms with Gasteiger partial charge in [-0.1, -0.05) is 42.5 Å². The number of nitrogens with zero attached hydrogens (tertiary/aromatic N) is 3. The van der Waals surface area contributed by atoms with E-state index in [1.165, 1.54) is 6.21 Å². The maximum absolute atomic E-state index is 12.5. The number of carboxylic acids is 1. The number of aliphatic carboxylic acids is 1. The second kappa shape index (κ2) is 10.5. The zero-order valence-corrected chi connectivity index (χ0v) is 16.7. The van der Waals surface area contributed by atoms with Crippen molar-refractivity contribution < 1.29 is 14.7 Å². The van der Waals surface area contributed by atoms with Crippen LogP contribution >= 0.6 is 0 Å². The third-order valence-corrected chi connectivity index (χ3v) is 4.29. The number of carbonyl (C=O) groups is 2. The summed E-state index contributed by atoms with van der Waals surface area (Å²) in [5, 5.41) is 15.3. The first kappa shape index (κ1) is 21.4. The molecule has 0 saturated carbocycles. The molecule has 0 atom stereocenters. The van der Waals surface area contributed by atoms with E-state index >= 15 is 0 Å². The van der Waals surface area contributed by atoms with E-state index in [1.54, 1.807) is 24.4 Å². The molecule has 0 bridgehead atoms. The summed E-state index contributed by atoms with van der Waals surface area (Å²) >= 11 is 0. The molecule has 9 nitrogen and oxygen atoms in total. The van der Waals surface area contributed by atoms with E-state index in [2.05, 4.69) is 25.8 Å². The van der Waals surface area contributed by atoms with Crippen molar-refractivity contribution in [2.75, 3.05) is 12.3 Å². The molecule has 2 aromatic carbocycles. The number of amides is 1. The van der Waals surface area contributed by atoms with Gasteiger partial charge in [0, 0.05) is 30.3 Å². The van der Waals surface area contributed by atoms with Gasteiger partial charge in [-0.25, -0.2) is 9.97 Å². The van der Waals surface area contributed by atoms with Crippen LogP contribution in [0.25, 0.3) is 11.3 Å². The molecule has 5 N–H and O–H groups in total. The fraction of sp³-hybridized carbons (Fsp3) is 0.136. The Labute approximate surface area is 179 Å². The molecule has 0 aliphatic carbocycles. The second-order valence-electron chi connectivity index (χ2n) is 6.58. The van der Waals surface area contributed by atoms with Gasteiger partial charge in [-0.05, 0) is 17.7 Å². The molecule has 0 spiro atoms. The number of nitrogens with one attached hydrogen (secondary N) is 2. The highest BCUT2D eigenvalue weighted by molar-refractivity contribution is 5.95. The van der Waals surface area contributed by atoms with E-state index in [9.17, 15) is 9.59 Å². The Morgan fingerprint density at radius 1 is 1.13 bits per heavy atom. The van der Waals surface area contributed by atoms with E-state index < -0.39 is 5.97 Å². The molecule has 0 radical (unpaired) electrons. The number of carboxylic acid groups (broad SMARTS) is 1. The van der Waals surface area contributed by atoms with E-state index in [-0.39, 0.29) is 24.7 Å². The largest absolute Gasteiger partial charge is 0.480 e. The number of aromatic nitrogens is 2. The summed E-state index contributed by atoms with van der Waals surface area (Å²) in [4.78, 5) is 31.7. The Kier molecular flexibility index (Phi) is 7.26. The van der Waals surface area contributed by atoms with Crippen LogP contribution in [0.3, 0.4) is 0 Å². The molecule has 1 aromatic heterocycles. The van der Waals surface area contributed by atoms with Crippen molar-refractivity contribution in [3.8, 4) is 11.3 Å². The number of nitrogens with two attached hydrogens (primary N) is 1. The molecule has 1 heterocycles. The summed E-state index contributed by atoms with van der Waals surface area (Å²) in [5.74, 6) is -0.942. The van der Waals surface area contributed by atoms with Crippen molar-refractivity contribution in [2.24, 2.45) is 5.10 Å². The number of rotatable bonds is 9. The smallest absolute Gasteiger partial charge is 0.324 e. The summed E-state index contributed by atoms with van der Waals surface area (Å²) in [5.41, 5.74) is 11.6. The molecule has 0 unspecified atom stereocenters. The first-order valence-electron chi connectivity index (χ1n) is 9.53. The molecule has 31 heavy (non-hydrogen) atoms. The number of nitrogen functional groups attached to an aromatic ring is 1. The molecule has 0 aliphatic heterocycles. The average Bonchev–Trinajstić information content (AvgIpc) is 2.79. The van der Waals surface area contributed by atoms with Crippen LogP contribution in [0.15, 0.2) is 65.9 Å². The lowest BCUT2D eigenvalue weighted by molar-refractivity contribution is -0.135.